The van der Waals surface area contributed by atoms with E-state index in [2.05, 4.69) is 55.4 Å². The zero-order chi connectivity index (χ0) is 15.8. The van der Waals surface area contributed by atoms with Crippen LogP contribution >= 0.6 is 0 Å². The van der Waals surface area contributed by atoms with Crippen molar-refractivity contribution in [3.8, 4) is 0 Å². The molecule has 4 bridgehead atoms. The Hall–Kier alpha value is -0.0301. The van der Waals surface area contributed by atoms with Gasteiger partial charge in [-0.15, -0.1) is 0 Å². The summed E-state index contributed by atoms with van der Waals surface area (Å²) in [7, 11) is -0.899. The van der Waals surface area contributed by atoms with Gasteiger partial charge in [0.1, 0.15) is 0 Å². The fraction of sp³-hybridized carbons (Fsp3) is 1.00. The highest BCUT2D eigenvalue weighted by Crippen LogP contribution is 2.56. The molecule has 0 saturated carbocycles. The minimum absolute atomic E-state index is 0.291. The monoisotopic (exact) mass is 294 g/mol. The van der Waals surface area contributed by atoms with E-state index in [0.29, 0.717) is 11.8 Å². The fourth-order valence-electron chi connectivity index (χ4n) is 4.82. The van der Waals surface area contributed by atoms with Gasteiger partial charge >= 0.3 is 14.0 Å². The Balaban J connectivity index is 2.13. The maximum Gasteiger partial charge on any atom is 0.489 e. The predicted molar refractivity (Wildman–Crippen MR) is 83.8 cm³/mol. The van der Waals surface area contributed by atoms with Crippen molar-refractivity contribution in [1.82, 2.24) is 0 Å². The van der Waals surface area contributed by atoms with Gasteiger partial charge in [-0.25, -0.2) is 0 Å². The van der Waals surface area contributed by atoms with Gasteiger partial charge in [0, 0.05) is 0 Å². The Morgan fingerprint density at radius 3 is 1.86 bits per heavy atom. The zero-order valence-electron chi connectivity index (χ0n) is 14.6. The van der Waals surface area contributed by atoms with Crippen molar-refractivity contribution in [3.05, 3.63) is 0 Å². The highest BCUT2D eigenvalue weighted by Gasteiger charge is 2.72. The molecule has 3 aliphatic heterocycles. The average Bonchev–Trinajstić information content (AvgIpc) is 2.80. The molecule has 4 nitrogen and oxygen atoms in total. The molecule has 3 saturated heterocycles. The molecule has 0 aromatic rings. The van der Waals surface area contributed by atoms with Crippen LogP contribution in [0.5, 0.6) is 0 Å². The van der Waals surface area contributed by atoms with E-state index >= 15 is 0 Å². The lowest BCUT2D eigenvalue weighted by atomic mass is 9.48. The molecule has 3 aliphatic rings. The lowest BCUT2D eigenvalue weighted by molar-refractivity contribution is -0.133. The topological polar surface area (TPSA) is 36.9 Å². The summed E-state index contributed by atoms with van der Waals surface area (Å²) in [6, 6.07) is 0. The second-order valence-corrected chi connectivity index (χ2v) is 8.16. The van der Waals surface area contributed by atoms with Crippen molar-refractivity contribution in [2.75, 3.05) is 0 Å². The van der Waals surface area contributed by atoms with Gasteiger partial charge in [-0.2, -0.15) is 0 Å². The Bertz CT molecular complexity index is 455. The van der Waals surface area contributed by atoms with Crippen LogP contribution in [0.2, 0.25) is 0 Å². The van der Waals surface area contributed by atoms with Crippen LogP contribution in [0.4, 0.5) is 0 Å². The molecule has 0 radical (unpaired) electrons. The first-order valence-corrected chi connectivity index (χ1v) is 8.22. The predicted octanol–water partition coefficient (Wildman–Crippen LogP) is 2.89. The maximum atomic E-state index is 6.43. The molecule has 3 fully saturated rings. The van der Waals surface area contributed by atoms with Gasteiger partial charge in [-0.1, -0.05) is 20.8 Å². The van der Waals surface area contributed by atoms with E-state index in [9.17, 15) is 0 Å². The lowest BCUT2D eigenvalue weighted by Gasteiger charge is -2.52. The largest absolute Gasteiger partial charge is 0.489 e. The van der Waals surface area contributed by atoms with Crippen molar-refractivity contribution in [1.29, 1.82) is 0 Å². The van der Waals surface area contributed by atoms with E-state index < -0.39 is 14.0 Å². The molecule has 3 heterocycles. The van der Waals surface area contributed by atoms with Gasteiger partial charge in [0.2, 0.25) is 0 Å². The first kappa shape index (κ1) is 15.8. The molecule has 6 heteroatoms. The van der Waals surface area contributed by atoms with Crippen LogP contribution in [-0.4, -0.2) is 36.4 Å². The molecule has 4 atom stereocenters. The number of fused-ring (bicyclic) bond motifs is 5. The normalized spacial score (nSPS) is 47.4. The van der Waals surface area contributed by atoms with Gasteiger partial charge in [0.25, 0.3) is 0 Å². The van der Waals surface area contributed by atoms with E-state index in [1.54, 1.807) is 0 Å². The minimum atomic E-state index is -0.451. The summed E-state index contributed by atoms with van der Waals surface area (Å²) in [5.74, 6) is 0.591. The van der Waals surface area contributed by atoms with E-state index in [-0.39, 0.29) is 22.4 Å². The smallest absolute Gasteiger partial charge is 0.405 e. The second-order valence-electron chi connectivity index (χ2n) is 8.16. The summed E-state index contributed by atoms with van der Waals surface area (Å²) in [5.41, 5.74) is -1.35. The molecule has 118 valence electrons. The molecule has 0 aromatic heterocycles. The van der Waals surface area contributed by atoms with Crippen LogP contribution in [0.3, 0.4) is 0 Å². The molecule has 21 heavy (non-hydrogen) atoms. The molecule has 4 unspecified atom stereocenters. The Morgan fingerprint density at radius 2 is 1.29 bits per heavy atom. The second kappa shape index (κ2) is 4.28. The highest BCUT2D eigenvalue weighted by atomic mass is 16.7. The third-order valence-corrected chi connectivity index (χ3v) is 6.83. The summed E-state index contributed by atoms with van der Waals surface area (Å²) in [6.07, 6.45) is 0.922. The Morgan fingerprint density at radius 1 is 0.762 bits per heavy atom. The highest BCUT2D eigenvalue weighted by molar-refractivity contribution is 7.11. The summed E-state index contributed by atoms with van der Waals surface area (Å²) >= 11 is 0. The Kier molecular flexibility index (Phi) is 3.23. The molecule has 0 spiro atoms. The quantitative estimate of drug-likeness (QED) is 0.697. The third-order valence-electron chi connectivity index (χ3n) is 6.83. The maximum absolute atomic E-state index is 6.43. The molecule has 3 rings (SSSR count). The summed E-state index contributed by atoms with van der Waals surface area (Å²) in [5, 5.41) is 0. The van der Waals surface area contributed by atoms with Gasteiger partial charge in [-0.3, -0.25) is 0 Å². The van der Waals surface area contributed by atoms with E-state index in [0.717, 1.165) is 6.42 Å². The molecule has 0 aromatic carbocycles. The molecule has 0 aliphatic carbocycles. The summed E-state index contributed by atoms with van der Waals surface area (Å²) < 4.78 is 25.2. The molecule has 0 amide bonds. The number of hydrogen-bond donors (Lipinski definition) is 0. The van der Waals surface area contributed by atoms with Crippen molar-refractivity contribution < 1.29 is 18.6 Å². The number of hydrogen-bond acceptors (Lipinski definition) is 4. The van der Waals surface area contributed by atoms with Gasteiger partial charge in [0.15, 0.2) is 0 Å². The third kappa shape index (κ3) is 1.73. The summed E-state index contributed by atoms with van der Waals surface area (Å²) in [6.45, 7) is 17.4. The Labute approximate surface area is 129 Å². The van der Waals surface area contributed by atoms with E-state index in [1.807, 2.05) is 0 Å². The summed E-state index contributed by atoms with van der Waals surface area (Å²) in [4.78, 5) is 0. The lowest BCUT2D eigenvalue weighted by Crippen LogP contribution is -2.60. The van der Waals surface area contributed by atoms with Crippen LogP contribution < -0.4 is 0 Å². The minimum Gasteiger partial charge on any atom is -0.405 e. The van der Waals surface area contributed by atoms with Gasteiger partial charge < -0.3 is 18.6 Å². The molecular weight excluding hydrogens is 266 g/mol. The molecular formula is C15H28B2O4. The van der Waals surface area contributed by atoms with Crippen LogP contribution in [-0.2, 0) is 18.6 Å². The van der Waals surface area contributed by atoms with Crippen molar-refractivity contribution >= 4 is 14.0 Å². The van der Waals surface area contributed by atoms with Crippen molar-refractivity contribution in [2.45, 2.75) is 84.2 Å². The van der Waals surface area contributed by atoms with Crippen LogP contribution in [0.1, 0.15) is 61.8 Å². The number of rotatable bonds is 1. The first-order chi connectivity index (χ1) is 9.51. The van der Waals surface area contributed by atoms with E-state index in [1.165, 1.54) is 0 Å². The zero-order valence-corrected chi connectivity index (χ0v) is 14.6. The van der Waals surface area contributed by atoms with Crippen LogP contribution in [0.25, 0.3) is 0 Å². The van der Waals surface area contributed by atoms with Crippen LogP contribution in [0.15, 0.2) is 0 Å². The van der Waals surface area contributed by atoms with Gasteiger partial charge in [-0.05, 0) is 52.9 Å². The average molecular weight is 294 g/mol. The van der Waals surface area contributed by atoms with Crippen molar-refractivity contribution in [3.63, 3.8) is 0 Å². The standard InChI is InChI=1S/C15H28B2O4/c1-9-15-11(3)10(2)14(8)12(4,5)18-16(20-14)17(21-15)19-13(15,6)7/h10-11H,9H2,1-8H3. The molecule has 0 N–H and O–H groups in total. The van der Waals surface area contributed by atoms with Crippen molar-refractivity contribution in [2.24, 2.45) is 11.8 Å². The van der Waals surface area contributed by atoms with Crippen LogP contribution in [0, 0.1) is 11.8 Å². The SMILES string of the molecule is CCC12OB(OC1(C)C)B1OC(C)(C)C(C)(O1)C(C)C2C. The van der Waals surface area contributed by atoms with Gasteiger partial charge in [0.05, 0.1) is 22.4 Å². The fourth-order valence-corrected chi connectivity index (χ4v) is 4.82. The first-order valence-electron chi connectivity index (χ1n) is 8.22. The van der Waals surface area contributed by atoms with E-state index in [4.69, 9.17) is 18.6 Å².